The quantitative estimate of drug-likeness (QED) is 0.495. The summed E-state index contributed by atoms with van der Waals surface area (Å²) in [5.41, 5.74) is 8.43. The first kappa shape index (κ1) is 16.4. The first-order valence-electron chi connectivity index (χ1n) is 8.81. The van der Waals surface area contributed by atoms with Crippen LogP contribution < -0.4 is 4.57 Å². The summed E-state index contributed by atoms with van der Waals surface area (Å²) in [7, 11) is 2.11. The van der Waals surface area contributed by atoms with Crippen molar-refractivity contribution in [1.29, 1.82) is 0 Å². The van der Waals surface area contributed by atoms with Gasteiger partial charge in [-0.15, -0.1) is 0 Å². The predicted octanol–water partition coefficient (Wildman–Crippen LogP) is 4.71. The molecule has 0 atom stereocenters. The second-order valence-corrected chi connectivity index (χ2v) is 6.96. The van der Waals surface area contributed by atoms with Crippen LogP contribution >= 0.6 is 0 Å². The van der Waals surface area contributed by atoms with Gasteiger partial charge in [0.05, 0.1) is 11.9 Å². The molecule has 4 aromatic rings. The van der Waals surface area contributed by atoms with Crippen LogP contribution in [0, 0.1) is 20.8 Å². The van der Waals surface area contributed by atoms with Crippen LogP contribution in [-0.4, -0.2) is 9.97 Å². The summed E-state index contributed by atoms with van der Waals surface area (Å²) in [4.78, 5) is 8.61. The molecule has 0 amide bonds. The number of rotatable bonds is 2. The average Bonchev–Trinajstić information content (AvgIpc) is 2.64. The van der Waals surface area contributed by atoms with E-state index in [1.54, 1.807) is 18.6 Å². The van der Waals surface area contributed by atoms with Crippen molar-refractivity contribution < 1.29 is 4.57 Å². The zero-order chi connectivity index (χ0) is 18.3. The van der Waals surface area contributed by atoms with E-state index in [1.165, 1.54) is 38.7 Å². The molecule has 128 valence electrons. The van der Waals surface area contributed by atoms with Crippen molar-refractivity contribution in [1.82, 2.24) is 9.97 Å². The maximum absolute atomic E-state index is 4.42. The molecule has 2 aromatic carbocycles. The molecule has 0 spiro atoms. The van der Waals surface area contributed by atoms with E-state index in [9.17, 15) is 0 Å². The molecule has 2 aromatic heterocycles. The summed E-state index contributed by atoms with van der Waals surface area (Å²) in [6, 6.07) is 13.2. The standard InChI is InChI=1S/C23H22N3/c1-15-9-16(2)17(3)21(10-15)23-12-20-11-18(22-13-24-7-8-25-22)5-6-19(20)14-26(23)4/h5-14H,1-4H3/q+1. The van der Waals surface area contributed by atoms with Crippen LogP contribution in [-0.2, 0) is 7.05 Å². The third-order valence-corrected chi connectivity index (χ3v) is 5.04. The zero-order valence-electron chi connectivity index (χ0n) is 15.6. The molecular weight excluding hydrogens is 318 g/mol. The molecule has 0 aliphatic carbocycles. The van der Waals surface area contributed by atoms with Crippen LogP contribution in [0.15, 0.2) is 61.2 Å². The molecule has 26 heavy (non-hydrogen) atoms. The van der Waals surface area contributed by atoms with Crippen LogP contribution in [0.1, 0.15) is 16.7 Å². The number of fused-ring (bicyclic) bond motifs is 1. The van der Waals surface area contributed by atoms with E-state index in [0.717, 1.165) is 11.3 Å². The van der Waals surface area contributed by atoms with E-state index < -0.39 is 0 Å². The second kappa shape index (κ2) is 6.34. The highest BCUT2D eigenvalue weighted by Crippen LogP contribution is 2.28. The van der Waals surface area contributed by atoms with E-state index in [-0.39, 0.29) is 0 Å². The third-order valence-electron chi connectivity index (χ3n) is 5.04. The normalized spacial score (nSPS) is 11.1. The smallest absolute Gasteiger partial charge is 0.213 e. The molecule has 0 bridgehead atoms. The number of aromatic nitrogens is 3. The van der Waals surface area contributed by atoms with Crippen molar-refractivity contribution in [3.8, 4) is 22.5 Å². The van der Waals surface area contributed by atoms with Gasteiger partial charge in [-0.2, -0.15) is 0 Å². The summed E-state index contributed by atoms with van der Waals surface area (Å²) in [5.74, 6) is 0. The van der Waals surface area contributed by atoms with E-state index in [4.69, 9.17) is 0 Å². The summed E-state index contributed by atoms with van der Waals surface area (Å²) in [6.07, 6.45) is 7.43. The summed E-state index contributed by atoms with van der Waals surface area (Å²) in [5, 5.41) is 2.42. The SMILES string of the molecule is Cc1cc(C)c(C)c(-c2cc3cc(-c4cnccn4)ccc3c[n+]2C)c1. The van der Waals surface area contributed by atoms with Gasteiger partial charge in [0.2, 0.25) is 5.69 Å². The van der Waals surface area contributed by atoms with E-state index in [2.05, 4.69) is 84.9 Å². The van der Waals surface area contributed by atoms with Crippen LogP contribution in [0.2, 0.25) is 0 Å². The Morgan fingerprint density at radius 3 is 2.50 bits per heavy atom. The highest BCUT2D eigenvalue weighted by molar-refractivity contribution is 5.88. The monoisotopic (exact) mass is 340 g/mol. The number of nitrogens with zero attached hydrogens (tertiary/aromatic N) is 3. The number of hydrogen-bond donors (Lipinski definition) is 0. The Kier molecular flexibility index (Phi) is 4.00. The van der Waals surface area contributed by atoms with Crippen molar-refractivity contribution in [2.45, 2.75) is 20.8 Å². The summed E-state index contributed by atoms with van der Waals surface area (Å²) < 4.78 is 2.21. The Morgan fingerprint density at radius 2 is 1.73 bits per heavy atom. The van der Waals surface area contributed by atoms with Gasteiger partial charge in [-0.25, -0.2) is 4.57 Å². The van der Waals surface area contributed by atoms with Gasteiger partial charge in [-0.05, 0) is 55.5 Å². The first-order valence-corrected chi connectivity index (χ1v) is 8.81. The fourth-order valence-corrected chi connectivity index (χ4v) is 3.53. The minimum atomic E-state index is 0.895. The molecule has 0 unspecified atom stereocenters. The lowest BCUT2D eigenvalue weighted by molar-refractivity contribution is -0.659. The Labute approximate surface area is 154 Å². The molecule has 2 heterocycles. The number of aryl methyl sites for hydroxylation is 3. The number of pyridine rings is 1. The van der Waals surface area contributed by atoms with Crippen molar-refractivity contribution in [2.75, 3.05) is 0 Å². The van der Waals surface area contributed by atoms with Gasteiger partial charge in [0, 0.05) is 35.0 Å². The zero-order valence-corrected chi connectivity index (χ0v) is 15.6. The topological polar surface area (TPSA) is 29.7 Å². The molecule has 0 aliphatic rings. The Morgan fingerprint density at radius 1 is 0.885 bits per heavy atom. The van der Waals surface area contributed by atoms with E-state index >= 15 is 0 Å². The Hall–Kier alpha value is -3.07. The lowest BCUT2D eigenvalue weighted by Crippen LogP contribution is -2.30. The molecule has 0 saturated heterocycles. The van der Waals surface area contributed by atoms with Crippen molar-refractivity contribution in [2.24, 2.45) is 7.05 Å². The molecule has 0 aliphatic heterocycles. The van der Waals surface area contributed by atoms with E-state index in [1.807, 2.05) is 0 Å². The van der Waals surface area contributed by atoms with Crippen LogP contribution in [0.3, 0.4) is 0 Å². The highest BCUT2D eigenvalue weighted by atomic mass is 14.9. The highest BCUT2D eigenvalue weighted by Gasteiger charge is 2.16. The van der Waals surface area contributed by atoms with E-state index in [0.29, 0.717) is 0 Å². The molecule has 0 fully saturated rings. The fraction of sp³-hybridized carbons (Fsp3) is 0.174. The average molecular weight is 340 g/mol. The number of benzene rings is 2. The fourth-order valence-electron chi connectivity index (χ4n) is 3.53. The Bertz CT molecular complexity index is 1120. The molecule has 0 radical (unpaired) electrons. The minimum Gasteiger partial charge on any atom is -0.261 e. The van der Waals surface area contributed by atoms with Gasteiger partial charge in [0.15, 0.2) is 6.20 Å². The van der Waals surface area contributed by atoms with Gasteiger partial charge >= 0.3 is 0 Å². The van der Waals surface area contributed by atoms with Crippen molar-refractivity contribution in [3.05, 3.63) is 77.9 Å². The largest absolute Gasteiger partial charge is 0.261 e. The molecule has 0 saturated carbocycles. The third kappa shape index (κ3) is 2.86. The maximum atomic E-state index is 4.42. The molecule has 0 N–H and O–H groups in total. The predicted molar refractivity (Wildman–Crippen MR) is 106 cm³/mol. The minimum absolute atomic E-state index is 0.895. The van der Waals surface area contributed by atoms with Gasteiger partial charge in [-0.1, -0.05) is 17.7 Å². The van der Waals surface area contributed by atoms with Crippen LogP contribution in [0.25, 0.3) is 33.3 Å². The van der Waals surface area contributed by atoms with Crippen molar-refractivity contribution >= 4 is 10.8 Å². The lowest BCUT2D eigenvalue weighted by Gasteiger charge is -2.10. The van der Waals surface area contributed by atoms with Gasteiger partial charge in [0.1, 0.15) is 7.05 Å². The van der Waals surface area contributed by atoms with Gasteiger partial charge in [-0.3, -0.25) is 9.97 Å². The van der Waals surface area contributed by atoms with Gasteiger partial charge < -0.3 is 0 Å². The first-order chi connectivity index (χ1) is 12.5. The van der Waals surface area contributed by atoms with Crippen LogP contribution in [0.5, 0.6) is 0 Å². The lowest BCUT2D eigenvalue weighted by atomic mass is 9.96. The van der Waals surface area contributed by atoms with Gasteiger partial charge in [0.25, 0.3) is 0 Å². The molecule has 4 rings (SSSR count). The second-order valence-electron chi connectivity index (χ2n) is 6.96. The molecule has 3 nitrogen and oxygen atoms in total. The number of hydrogen-bond acceptors (Lipinski definition) is 2. The van der Waals surface area contributed by atoms with Crippen LogP contribution in [0.4, 0.5) is 0 Å². The molecule has 3 heteroatoms. The summed E-state index contributed by atoms with van der Waals surface area (Å²) >= 11 is 0. The van der Waals surface area contributed by atoms with Crippen molar-refractivity contribution in [3.63, 3.8) is 0 Å². The summed E-state index contributed by atoms with van der Waals surface area (Å²) in [6.45, 7) is 6.53. The molecular formula is C23H22N3+. The maximum Gasteiger partial charge on any atom is 0.213 e. The Balaban J connectivity index is 1.93.